The topological polar surface area (TPSA) is 55.2 Å². The van der Waals surface area contributed by atoms with Crippen LogP contribution < -0.4 is 5.32 Å². The minimum Gasteiger partial charge on any atom is -0.309 e. The van der Waals surface area contributed by atoms with E-state index in [0.29, 0.717) is 24.4 Å². The van der Waals surface area contributed by atoms with Crippen LogP contribution in [0.4, 0.5) is 5.69 Å². The van der Waals surface area contributed by atoms with E-state index in [1.54, 1.807) is 12.1 Å². The van der Waals surface area contributed by atoms with Crippen LogP contribution in [-0.2, 0) is 6.54 Å². The number of nitro groups is 1. The van der Waals surface area contributed by atoms with Gasteiger partial charge in [-0.05, 0) is 37.2 Å². The monoisotopic (exact) mass is 276 g/mol. The number of rotatable bonds is 4. The van der Waals surface area contributed by atoms with E-state index in [1.807, 2.05) is 13.0 Å². The zero-order chi connectivity index (χ0) is 14.7. The molecule has 0 amide bonds. The van der Waals surface area contributed by atoms with Gasteiger partial charge in [-0.3, -0.25) is 10.1 Å². The number of hydrogen-bond donors (Lipinski definition) is 1. The summed E-state index contributed by atoms with van der Waals surface area (Å²) in [5, 5.41) is 14.6. The van der Waals surface area contributed by atoms with Crippen molar-refractivity contribution in [3.63, 3.8) is 0 Å². The first-order valence-electron chi connectivity index (χ1n) is 7.47. The van der Waals surface area contributed by atoms with Gasteiger partial charge in [0, 0.05) is 24.2 Å². The molecule has 1 aromatic rings. The number of hydrogen-bond acceptors (Lipinski definition) is 3. The van der Waals surface area contributed by atoms with Crippen LogP contribution in [0.1, 0.15) is 44.2 Å². The third kappa shape index (κ3) is 3.18. The van der Waals surface area contributed by atoms with Gasteiger partial charge in [0.2, 0.25) is 0 Å². The second kappa shape index (κ2) is 6.35. The van der Waals surface area contributed by atoms with Crippen molar-refractivity contribution < 1.29 is 4.92 Å². The number of benzene rings is 1. The van der Waals surface area contributed by atoms with Gasteiger partial charge in [-0.25, -0.2) is 0 Å². The molecule has 0 spiro atoms. The predicted octanol–water partition coefficient (Wildman–Crippen LogP) is 3.82. The summed E-state index contributed by atoms with van der Waals surface area (Å²) in [6, 6.07) is 5.84. The van der Waals surface area contributed by atoms with Crippen LogP contribution in [0.2, 0.25) is 0 Å². The van der Waals surface area contributed by atoms with Gasteiger partial charge in [0.1, 0.15) is 0 Å². The highest BCUT2D eigenvalue weighted by atomic mass is 16.6. The number of nitro benzene ring substituents is 1. The van der Waals surface area contributed by atoms with Crippen molar-refractivity contribution in [3.8, 4) is 0 Å². The highest BCUT2D eigenvalue weighted by Crippen LogP contribution is 2.29. The van der Waals surface area contributed by atoms with Crippen molar-refractivity contribution >= 4 is 5.69 Å². The maximum Gasteiger partial charge on any atom is 0.272 e. The molecule has 0 saturated heterocycles. The highest BCUT2D eigenvalue weighted by molar-refractivity contribution is 5.44. The number of nitrogens with one attached hydrogen (secondary N) is 1. The van der Waals surface area contributed by atoms with Crippen LogP contribution in [0.5, 0.6) is 0 Å². The molecule has 0 aromatic heterocycles. The molecule has 0 aliphatic heterocycles. The van der Waals surface area contributed by atoms with Crippen LogP contribution >= 0.6 is 0 Å². The lowest BCUT2D eigenvalue weighted by molar-refractivity contribution is -0.385. The Morgan fingerprint density at radius 1 is 1.30 bits per heavy atom. The minimum atomic E-state index is -0.301. The molecule has 0 bridgehead atoms. The van der Waals surface area contributed by atoms with Crippen molar-refractivity contribution in [1.82, 2.24) is 5.32 Å². The molecule has 1 aliphatic rings. The van der Waals surface area contributed by atoms with E-state index in [9.17, 15) is 10.1 Å². The van der Waals surface area contributed by atoms with E-state index in [1.165, 1.54) is 19.3 Å². The summed E-state index contributed by atoms with van der Waals surface area (Å²) in [5.41, 5.74) is 2.03. The van der Waals surface area contributed by atoms with Gasteiger partial charge >= 0.3 is 0 Å². The summed E-state index contributed by atoms with van der Waals surface area (Å²) >= 11 is 0. The molecule has 20 heavy (non-hydrogen) atoms. The van der Waals surface area contributed by atoms with E-state index in [2.05, 4.69) is 19.2 Å². The van der Waals surface area contributed by atoms with Gasteiger partial charge in [-0.1, -0.05) is 32.4 Å². The van der Waals surface area contributed by atoms with Gasteiger partial charge in [0.25, 0.3) is 5.69 Å². The lowest BCUT2D eigenvalue weighted by Crippen LogP contribution is -2.42. The third-order valence-electron chi connectivity index (χ3n) is 4.69. The van der Waals surface area contributed by atoms with Gasteiger partial charge in [-0.15, -0.1) is 0 Å². The molecule has 0 heterocycles. The maximum atomic E-state index is 11.0. The van der Waals surface area contributed by atoms with Crippen LogP contribution in [0.25, 0.3) is 0 Å². The minimum absolute atomic E-state index is 0.217. The van der Waals surface area contributed by atoms with Crippen molar-refractivity contribution in [2.75, 3.05) is 0 Å². The smallest absolute Gasteiger partial charge is 0.272 e. The van der Waals surface area contributed by atoms with Crippen molar-refractivity contribution in [2.24, 2.45) is 11.8 Å². The van der Waals surface area contributed by atoms with Crippen LogP contribution in [-0.4, -0.2) is 11.0 Å². The molecule has 1 aliphatic carbocycles. The summed E-state index contributed by atoms with van der Waals surface area (Å²) in [5.74, 6) is 1.36. The zero-order valence-electron chi connectivity index (χ0n) is 12.6. The van der Waals surface area contributed by atoms with Gasteiger partial charge in [-0.2, -0.15) is 0 Å². The molecule has 1 aromatic carbocycles. The van der Waals surface area contributed by atoms with E-state index in [4.69, 9.17) is 0 Å². The summed E-state index contributed by atoms with van der Waals surface area (Å²) < 4.78 is 0. The SMILES string of the molecule is Cc1c(CNC2C(C)CCCC2C)cccc1[N+](=O)[O-]. The zero-order valence-corrected chi connectivity index (χ0v) is 12.6. The fourth-order valence-electron chi connectivity index (χ4n) is 3.37. The summed E-state index contributed by atoms with van der Waals surface area (Å²) in [6.07, 6.45) is 3.86. The Hall–Kier alpha value is -1.42. The molecule has 2 rings (SSSR count). The standard InChI is InChI=1S/C16H24N2O2/c1-11-6-4-7-12(2)16(11)17-10-14-8-5-9-15(13(14)3)18(19)20/h5,8-9,11-12,16-17H,4,6-7,10H2,1-3H3. The molecule has 2 unspecified atom stereocenters. The van der Waals surface area contributed by atoms with Crippen molar-refractivity contribution in [2.45, 2.75) is 52.6 Å². The average Bonchev–Trinajstić information content (AvgIpc) is 2.39. The van der Waals surface area contributed by atoms with Crippen LogP contribution in [0.3, 0.4) is 0 Å². The molecule has 110 valence electrons. The first-order valence-corrected chi connectivity index (χ1v) is 7.47. The van der Waals surface area contributed by atoms with E-state index in [-0.39, 0.29) is 10.6 Å². The number of nitrogens with zero attached hydrogens (tertiary/aromatic N) is 1. The first kappa shape index (κ1) is 15.0. The Morgan fingerprint density at radius 3 is 2.55 bits per heavy atom. The van der Waals surface area contributed by atoms with Crippen molar-refractivity contribution in [3.05, 3.63) is 39.4 Å². The van der Waals surface area contributed by atoms with Crippen LogP contribution in [0.15, 0.2) is 18.2 Å². The van der Waals surface area contributed by atoms with E-state index in [0.717, 1.165) is 11.1 Å². The predicted molar refractivity (Wildman–Crippen MR) is 80.6 cm³/mol. The molecule has 4 nitrogen and oxygen atoms in total. The molecular weight excluding hydrogens is 252 g/mol. The maximum absolute atomic E-state index is 11.0. The second-order valence-corrected chi connectivity index (χ2v) is 6.11. The summed E-state index contributed by atoms with van der Waals surface area (Å²) in [6.45, 7) is 7.15. The van der Waals surface area contributed by atoms with E-state index >= 15 is 0 Å². The second-order valence-electron chi connectivity index (χ2n) is 6.11. The average molecular weight is 276 g/mol. The van der Waals surface area contributed by atoms with Crippen molar-refractivity contribution in [1.29, 1.82) is 0 Å². The Morgan fingerprint density at radius 2 is 1.95 bits per heavy atom. The molecule has 1 saturated carbocycles. The lowest BCUT2D eigenvalue weighted by atomic mass is 9.78. The van der Waals surface area contributed by atoms with Crippen LogP contribution in [0, 0.1) is 28.9 Å². The van der Waals surface area contributed by atoms with E-state index < -0.39 is 0 Å². The molecule has 1 fully saturated rings. The Balaban J connectivity index is 2.07. The molecule has 0 radical (unpaired) electrons. The molecule has 1 N–H and O–H groups in total. The largest absolute Gasteiger partial charge is 0.309 e. The Bertz CT molecular complexity index is 477. The Kier molecular flexibility index (Phi) is 4.76. The fourth-order valence-corrected chi connectivity index (χ4v) is 3.37. The normalized spacial score (nSPS) is 26.4. The summed E-state index contributed by atoms with van der Waals surface area (Å²) in [7, 11) is 0. The summed E-state index contributed by atoms with van der Waals surface area (Å²) in [4.78, 5) is 10.7. The molecular formula is C16H24N2O2. The Labute approximate surface area is 120 Å². The first-order chi connectivity index (χ1) is 9.50. The van der Waals surface area contributed by atoms with Gasteiger partial charge in [0.15, 0.2) is 0 Å². The quantitative estimate of drug-likeness (QED) is 0.672. The molecule has 2 atom stereocenters. The fraction of sp³-hybridized carbons (Fsp3) is 0.625. The third-order valence-corrected chi connectivity index (χ3v) is 4.69. The van der Waals surface area contributed by atoms with Gasteiger partial charge < -0.3 is 5.32 Å². The lowest BCUT2D eigenvalue weighted by Gasteiger charge is -2.35. The molecule has 4 heteroatoms. The van der Waals surface area contributed by atoms with Gasteiger partial charge in [0.05, 0.1) is 4.92 Å². The highest BCUT2D eigenvalue weighted by Gasteiger charge is 2.27.